The lowest BCUT2D eigenvalue weighted by Crippen LogP contribution is -2.53. The summed E-state index contributed by atoms with van der Waals surface area (Å²) in [5.41, 5.74) is 1.22. The van der Waals surface area contributed by atoms with Crippen molar-refractivity contribution in [1.82, 2.24) is 15.5 Å². The molecule has 1 aromatic rings. The number of guanidine groups is 1. The Morgan fingerprint density at radius 1 is 1.31 bits per heavy atom. The summed E-state index contributed by atoms with van der Waals surface area (Å²) in [6.07, 6.45) is 0.896. The van der Waals surface area contributed by atoms with Gasteiger partial charge in [0, 0.05) is 38.8 Å². The van der Waals surface area contributed by atoms with Crippen LogP contribution < -0.4 is 20.1 Å². The fourth-order valence-electron chi connectivity index (χ4n) is 3.40. The molecule has 0 saturated carbocycles. The van der Waals surface area contributed by atoms with Gasteiger partial charge in [0.1, 0.15) is 0 Å². The van der Waals surface area contributed by atoms with Crippen LogP contribution in [0.25, 0.3) is 0 Å². The van der Waals surface area contributed by atoms with Gasteiger partial charge >= 0.3 is 0 Å². The molecule has 0 amide bonds. The molecule has 0 radical (unpaired) electrons. The molecule has 0 aliphatic carbocycles. The van der Waals surface area contributed by atoms with E-state index in [4.69, 9.17) is 14.2 Å². The van der Waals surface area contributed by atoms with Crippen molar-refractivity contribution in [3.8, 4) is 11.5 Å². The molecule has 2 aliphatic heterocycles. The zero-order valence-corrected chi connectivity index (χ0v) is 16.0. The molecule has 2 heterocycles. The van der Waals surface area contributed by atoms with Crippen molar-refractivity contribution in [3.05, 3.63) is 23.8 Å². The normalized spacial score (nSPS) is 21.5. The summed E-state index contributed by atoms with van der Waals surface area (Å²) in [5.74, 6) is 2.49. The molecule has 26 heavy (non-hydrogen) atoms. The van der Waals surface area contributed by atoms with Crippen LogP contribution in [0, 0.1) is 0 Å². The molecule has 0 aromatic heterocycles. The zero-order chi connectivity index (χ0) is 18.4. The molecule has 2 atom stereocenters. The lowest BCUT2D eigenvalue weighted by atomic mass is 10.1. The lowest BCUT2D eigenvalue weighted by molar-refractivity contribution is -0.0174. The number of aliphatic imine (C=N–C) groups is 1. The van der Waals surface area contributed by atoms with Crippen LogP contribution >= 0.6 is 0 Å². The van der Waals surface area contributed by atoms with Crippen LogP contribution in [0.4, 0.5) is 0 Å². The van der Waals surface area contributed by atoms with Gasteiger partial charge in [-0.1, -0.05) is 6.07 Å². The van der Waals surface area contributed by atoms with E-state index in [1.807, 2.05) is 12.1 Å². The summed E-state index contributed by atoms with van der Waals surface area (Å²) in [6.45, 7) is 9.05. The number of nitrogens with one attached hydrogen (secondary N) is 2. The van der Waals surface area contributed by atoms with Crippen molar-refractivity contribution < 1.29 is 14.2 Å². The minimum Gasteiger partial charge on any atom is -0.454 e. The topological polar surface area (TPSA) is 67.4 Å². The van der Waals surface area contributed by atoms with E-state index >= 15 is 0 Å². The standard InChI is InChI=1S/C19H30N4O3/c1-14(23-8-9-24-12-15(23)2)11-22-19(20-3)21-7-6-16-4-5-17-18(10-16)26-13-25-17/h4-5,10,14-15H,6-9,11-13H2,1-3H3,(H2,20,21,22). The van der Waals surface area contributed by atoms with Gasteiger partial charge in [0.05, 0.1) is 13.2 Å². The van der Waals surface area contributed by atoms with E-state index in [0.717, 1.165) is 56.7 Å². The molecule has 144 valence electrons. The third-order valence-corrected chi connectivity index (χ3v) is 4.92. The van der Waals surface area contributed by atoms with Crippen LogP contribution in [0.1, 0.15) is 19.4 Å². The van der Waals surface area contributed by atoms with Crippen LogP contribution in [-0.2, 0) is 11.2 Å². The highest BCUT2D eigenvalue weighted by molar-refractivity contribution is 5.79. The van der Waals surface area contributed by atoms with Crippen LogP contribution in [0.3, 0.4) is 0 Å². The maximum absolute atomic E-state index is 5.52. The minimum absolute atomic E-state index is 0.313. The molecule has 7 heteroatoms. The largest absolute Gasteiger partial charge is 0.454 e. The number of nitrogens with zero attached hydrogens (tertiary/aromatic N) is 2. The average Bonchev–Trinajstić information content (AvgIpc) is 3.12. The summed E-state index contributed by atoms with van der Waals surface area (Å²) in [6, 6.07) is 6.98. The zero-order valence-electron chi connectivity index (χ0n) is 16.0. The summed E-state index contributed by atoms with van der Waals surface area (Å²) >= 11 is 0. The average molecular weight is 362 g/mol. The third-order valence-electron chi connectivity index (χ3n) is 4.92. The summed E-state index contributed by atoms with van der Waals surface area (Å²) in [4.78, 5) is 6.80. The van der Waals surface area contributed by atoms with Gasteiger partial charge in [-0.2, -0.15) is 0 Å². The highest BCUT2D eigenvalue weighted by Gasteiger charge is 2.23. The summed E-state index contributed by atoms with van der Waals surface area (Å²) in [7, 11) is 1.80. The van der Waals surface area contributed by atoms with Crippen molar-refractivity contribution in [2.24, 2.45) is 4.99 Å². The fraction of sp³-hybridized carbons (Fsp3) is 0.632. The van der Waals surface area contributed by atoms with Gasteiger partial charge in [-0.05, 0) is 38.0 Å². The molecule has 3 rings (SSSR count). The highest BCUT2D eigenvalue weighted by Crippen LogP contribution is 2.32. The predicted octanol–water partition coefficient (Wildman–Crippen LogP) is 1.23. The van der Waals surface area contributed by atoms with Crippen molar-refractivity contribution in [2.45, 2.75) is 32.4 Å². The monoisotopic (exact) mass is 362 g/mol. The molecule has 2 N–H and O–H groups in total. The second-order valence-electron chi connectivity index (χ2n) is 6.83. The number of fused-ring (bicyclic) bond motifs is 1. The van der Waals surface area contributed by atoms with E-state index in [-0.39, 0.29) is 0 Å². The van der Waals surface area contributed by atoms with Gasteiger partial charge in [-0.15, -0.1) is 0 Å². The maximum atomic E-state index is 5.52. The maximum Gasteiger partial charge on any atom is 0.231 e. The van der Waals surface area contributed by atoms with Gasteiger partial charge in [0.25, 0.3) is 0 Å². The van der Waals surface area contributed by atoms with Crippen LogP contribution in [-0.4, -0.2) is 69.6 Å². The Balaban J connectivity index is 1.40. The van der Waals surface area contributed by atoms with Gasteiger partial charge in [0.15, 0.2) is 17.5 Å². The Hall–Kier alpha value is -1.99. The lowest BCUT2D eigenvalue weighted by Gasteiger charge is -2.38. The van der Waals surface area contributed by atoms with Crippen molar-refractivity contribution in [1.29, 1.82) is 0 Å². The molecule has 0 bridgehead atoms. The molecule has 2 aliphatic rings. The van der Waals surface area contributed by atoms with E-state index in [1.54, 1.807) is 7.05 Å². The number of morpholine rings is 1. The Bertz CT molecular complexity index is 623. The quantitative estimate of drug-likeness (QED) is 0.586. The summed E-state index contributed by atoms with van der Waals surface area (Å²) < 4.78 is 16.3. The van der Waals surface area contributed by atoms with Crippen LogP contribution in [0.5, 0.6) is 11.5 Å². The fourth-order valence-corrected chi connectivity index (χ4v) is 3.40. The molecule has 1 fully saturated rings. The Kier molecular flexibility index (Phi) is 6.57. The van der Waals surface area contributed by atoms with E-state index < -0.39 is 0 Å². The Labute approximate surface area is 155 Å². The van der Waals surface area contributed by atoms with Gasteiger partial charge in [0.2, 0.25) is 6.79 Å². The number of rotatable bonds is 6. The molecule has 1 aromatic carbocycles. The second kappa shape index (κ2) is 9.09. The highest BCUT2D eigenvalue weighted by atomic mass is 16.7. The number of ether oxygens (including phenoxy) is 3. The first-order chi connectivity index (χ1) is 12.7. The van der Waals surface area contributed by atoms with Gasteiger partial charge < -0.3 is 24.8 Å². The SMILES string of the molecule is CN=C(NCCc1ccc2c(c1)OCO2)NCC(C)N1CCOCC1C. The third kappa shape index (κ3) is 4.80. The van der Waals surface area contributed by atoms with E-state index in [2.05, 4.69) is 40.4 Å². The summed E-state index contributed by atoms with van der Waals surface area (Å²) in [5, 5.41) is 6.81. The van der Waals surface area contributed by atoms with Crippen LogP contribution in [0.2, 0.25) is 0 Å². The van der Waals surface area contributed by atoms with Crippen LogP contribution in [0.15, 0.2) is 23.2 Å². The Morgan fingerprint density at radius 3 is 2.96 bits per heavy atom. The molecule has 1 saturated heterocycles. The molecule has 2 unspecified atom stereocenters. The van der Waals surface area contributed by atoms with Crippen molar-refractivity contribution in [3.63, 3.8) is 0 Å². The first-order valence-electron chi connectivity index (χ1n) is 9.34. The van der Waals surface area contributed by atoms with E-state index in [9.17, 15) is 0 Å². The number of benzene rings is 1. The number of hydrogen-bond acceptors (Lipinski definition) is 5. The molecular formula is C19H30N4O3. The predicted molar refractivity (Wildman–Crippen MR) is 102 cm³/mol. The smallest absolute Gasteiger partial charge is 0.231 e. The first kappa shape index (κ1) is 18.8. The van der Waals surface area contributed by atoms with Gasteiger partial charge in [-0.25, -0.2) is 0 Å². The van der Waals surface area contributed by atoms with E-state index in [0.29, 0.717) is 18.9 Å². The van der Waals surface area contributed by atoms with Crippen molar-refractivity contribution >= 4 is 5.96 Å². The van der Waals surface area contributed by atoms with Gasteiger partial charge in [-0.3, -0.25) is 9.89 Å². The minimum atomic E-state index is 0.313. The molecular weight excluding hydrogens is 332 g/mol. The van der Waals surface area contributed by atoms with E-state index in [1.165, 1.54) is 5.56 Å². The molecule has 7 nitrogen and oxygen atoms in total. The Morgan fingerprint density at radius 2 is 2.15 bits per heavy atom. The molecule has 0 spiro atoms. The van der Waals surface area contributed by atoms with Crippen molar-refractivity contribution in [2.75, 3.05) is 46.7 Å². The number of hydrogen-bond donors (Lipinski definition) is 2. The first-order valence-corrected chi connectivity index (χ1v) is 9.34. The second-order valence-corrected chi connectivity index (χ2v) is 6.83.